The van der Waals surface area contributed by atoms with E-state index in [1.807, 2.05) is 5.01 Å². The Labute approximate surface area is 125 Å². The quantitative estimate of drug-likeness (QED) is 0.322. The average molecular weight is 279 g/mol. The fourth-order valence-electron chi connectivity index (χ4n) is 2.66. The minimum atomic E-state index is 0.0922. The Morgan fingerprint density at radius 1 is 1.30 bits per heavy atom. The molecule has 0 aliphatic rings. The Morgan fingerprint density at radius 2 is 1.85 bits per heavy atom. The van der Waals surface area contributed by atoms with E-state index in [1.165, 1.54) is 5.57 Å². The van der Waals surface area contributed by atoms with Gasteiger partial charge in [0.25, 0.3) is 0 Å². The van der Waals surface area contributed by atoms with Crippen LogP contribution in [0.3, 0.4) is 0 Å². The molecule has 0 amide bonds. The summed E-state index contributed by atoms with van der Waals surface area (Å²) in [5.74, 6) is 0.651. The summed E-state index contributed by atoms with van der Waals surface area (Å²) in [4.78, 5) is 0. The lowest BCUT2D eigenvalue weighted by Gasteiger charge is -2.32. The zero-order chi connectivity index (χ0) is 15.9. The van der Waals surface area contributed by atoms with Crippen LogP contribution in [0.2, 0.25) is 0 Å². The lowest BCUT2D eigenvalue weighted by Crippen LogP contribution is -2.26. The highest BCUT2D eigenvalue weighted by atomic mass is 15.5. The second-order valence-electron chi connectivity index (χ2n) is 6.73. The molecule has 0 saturated heterocycles. The molecule has 0 spiro atoms. The molecule has 1 atom stereocenters. The largest absolute Gasteiger partial charge is 0.251 e. The fourth-order valence-corrected chi connectivity index (χ4v) is 2.66. The van der Waals surface area contributed by atoms with Gasteiger partial charge in [0, 0.05) is 6.20 Å². The summed E-state index contributed by atoms with van der Waals surface area (Å²) in [5.41, 5.74) is 2.46. The molecule has 0 aromatic heterocycles. The number of rotatable bonds is 8. The molecule has 0 aliphatic carbocycles. The van der Waals surface area contributed by atoms with Crippen LogP contribution < -0.4 is 0 Å². The molecule has 0 saturated carbocycles. The van der Waals surface area contributed by atoms with Crippen molar-refractivity contribution in [2.45, 2.75) is 67.3 Å². The van der Waals surface area contributed by atoms with E-state index in [2.05, 4.69) is 71.6 Å². The Morgan fingerprint density at radius 3 is 2.20 bits per heavy atom. The minimum absolute atomic E-state index is 0.0922. The summed E-state index contributed by atoms with van der Waals surface area (Å²) in [7, 11) is 1.71. The summed E-state index contributed by atoms with van der Waals surface area (Å²) in [6.45, 7) is 19.6. The van der Waals surface area contributed by atoms with E-state index in [9.17, 15) is 0 Å². The highest BCUT2D eigenvalue weighted by Gasteiger charge is 2.26. The van der Waals surface area contributed by atoms with Crippen LogP contribution in [0.5, 0.6) is 0 Å². The molecule has 3 nitrogen and oxygen atoms in total. The molecule has 0 rings (SSSR count). The molecule has 0 N–H and O–H groups in total. The second kappa shape index (κ2) is 8.23. The van der Waals surface area contributed by atoms with Gasteiger partial charge in [-0.2, -0.15) is 5.11 Å². The van der Waals surface area contributed by atoms with Crippen LogP contribution in [0.15, 0.2) is 34.3 Å². The maximum atomic E-state index is 4.25. The SMILES string of the molecule is C=C(C)/C(=C\N(/N=N\C)C(C)CC)C(C)(C)CC(C)C. The maximum absolute atomic E-state index is 4.25. The van der Waals surface area contributed by atoms with Crippen molar-refractivity contribution in [3.05, 3.63) is 23.9 Å². The molecule has 0 fully saturated rings. The van der Waals surface area contributed by atoms with Crippen molar-refractivity contribution in [3.63, 3.8) is 0 Å². The van der Waals surface area contributed by atoms with Crippen LogP contribution in [-0.4, -0.2) is 18.1 Å². The number of nitrogens with zero attached hydrogens (tertiary/aromatic N) is 3. The van der Waals surface area contributed by atoms with Crippen LogP contribution in [0, 0.1) is 11.3 Å². The van der Waals surface area contributed by atoms with Gasteiger partial charge in [0.05, 0.1) is 13.1 Å². The molecule has 116 valence electrons. The van der Waals surface area contributed by atoms with E-state index >= 15 is 0 Å². The van der Waals surface area contributed by atoms with Crippen molar-refractivity contribution < 1.29 is 0 Å². The van der Waals surface area contributed by atoms with Crippen molar-refractivity contribution in [3.8, 4) is 0 Å². The molecule has 3 heteroatoms. The molecule has 20 heavy (non-hydrogen) atoms. The highest BCUT2D eigenvalue weighted by molar-refractivity contribution is 5.31. The molecular weight excluding hydrogens is 246 g/mol. The van der Waals surface area contributed by atoms with Crippen LogP contribution in [0.1, 0.15) is 61.3 Å². The van der Waals surface area contributed by atoms with Gasteiger partial charge in [0.1, 0.15) is 0 Å². The first-order valence-corrected chi connectivity index (χ1v) is 7.62. The summed E-state index contributed by atoms with van der Waals surface area (Å²) >= 11 is 0. The van der Waals surface area contributed by atoms with Gasteiger partial charge in [0.2, 0.25) is 0 Å². The Balaban J connectivity index is 5.53. The van der Waals surface area contributed by atoms with E-state index in [-0.39, 0.29) is 5.41 Å². The zero-order valence-corrected chi connectivity index (χ0v) is 14.7. The summed E-state index contributed by atoms with van der Waals surface area (Å²) in [6.07, 6.45) is 4.29. The van der Waals surface area contributed by atoms with Gasteiger partial charge in [0.15, 0.2) is 0 Å². The number of hydrogen-bond acceptors (Lipinski definition) is 2. The topological polar surface area (TPSA) is 28.0 Å². The molecule has 1 unspecified atom stereocenters. The predicted molar refractivity (Wildman–Crippen MR) is 88.5 cm³/mol. The molecule has 0 aromatic rings. The smallest absolute Gasteiger partial charge is 0.0509 e. The summed E-state index contributed by atoms with van der Waals surface area (Å²) in [6, 6.07) is 0.336. The molecule has 0 aromatic carbocycles. The maximum Gasteiger partial charge on any atom is 0.0509 e. The van der Waals surface area contributed by atoms with Crippen molar-refractivity contribution in [2.24, 2.45) is 21.7 Å². The van der Waals surface area contributed by atoms with Crippen LogP contribution >= 0.6 is 0 Å². The van der Waals surface area contributed by atoms with Gasteiger partial charge in [-0.05, 0) is 43.6 Å². The van der Waals surface area contributed by atoms with E-state index < -0.39 is 0 Å². The Kier molecular flexibility index (Phi) is 7.77. The summed E-state index contributed by atoms with van der Waals surface area (Å²) in [5, 5.41) is 10.2. The number of hydrogen-bond donors (Lipinski definition) is 0. The first-order valence-electron chi connectivity index (χ1n) is 7.62. The van der Waals surface area contributed by atoms with Crippen LogP contribution in [-0.2, 0) is 0 Å². The molecular formula is C17H33N3. The van der Waals surface area contributed by atoms with Gasteiger partial charge in [-0.1, -0.05) is 52.0 Å². The highest BCUT2D eigenvalue weighted by Crippen LogP contribution is 2.37. The minimum Gasteiger partial charge on any atom is -0.251 e. The van der Waals surface area contributed by atoms with Gasteiger partial charge in [-0.15, -0.1) is 0 Å². The van der Waals surface area contributed by atoms with Crippen LogP contribution in [0.4, 0.5) is 0 Å². The van der Waals surface area contributed by atoms with Crippen LogP contribution in [0.25, 0.3) is 0 Å². The third kappa shape index (κ3) is 5.89. The average Bonchev–Trinajstić information content (AvgIpc) is 2.30. The molecule has 0 aliphatic heterocycles. The first-order chi connectivity index (χ1) is 9.15. The van der Waals surface area contributed by atoms with Gasteiger partial charge in [-0.3, -0.25) is 5.01 Å². The van der Waals surface area contributed by atoms with Crippen molar-refractivity contribution >= 4 is 0 Å². The fraction of sp³-hybridized carbons (Fsp3) is 0.765. The molecule has 0 heterocycles. The standard InChI is InChI=1S/C17H33N3/c1-10-15(6)20(19-18-9)12-16(14(4)5)17(7,8)11-13(2)3/h12-13,15H,4,10-11H2,1-3,5-9H3/b16-12+,19-18-. The van der Waals surface area contributed by atoms with Crippen molar-refractivity contribution in [1.29, 1.82) is 0 Å². The molecule has 0 radical (unpaired) electrons. The number of allylic oxidation sites excluding steroid dienone is 2. The van der Waals surface area contributed by atoms with E-state index in [1.54, 1.807) is 7.05 Å². The predicted octanol–water partition coefficient (Wildman–Crippen LogP) is 5.62. The van der Waals surface area contributed by atoms with Crippen molar-refractivity contribution in [2.75, 3.05) is 7.05 Å². The van der Waals surface area contributed by atoms with Gasteiger partial charge >= 0.3 is 0 Å². The van der Waals surface area contributed by atoms with E-state index in [0.29, 0.717) is 12.0 Å². The lowest BCUT2D eigenvalue weighted by atomic mass is 9.75. The van der Waals surface area contributed by atoms with Crippen molar-refractivity contribution in [1.82, 2.24) is 5.01 Å². The second-order valence-corrected chi connectivity index (χ2v) is 6.73. The summed E-state index contributed by atoms with van der Waals surface area (Å²) < 4.78 is 0. The van der Waals surface area contributed by atoms with E-state index in [4.69, 9.17) is 0 Å². The Hall–Kier alpha value is -1.12. The first kappa shape index (κ1) is 18.9. The normalized spacial score (nSPS) is 14.9. The third-order valence-corrected chi connectivity index (χ3v) is 3.60. The lowest BCUT2D eigenvalue weighted by molar-refractivity contribution is 0.267. The van der Waals surface area contributed by atoms with E-state index in [0.717, 1.165) is 18.4 Å². The Bertz CT molecular complexity index is 364. The molecule has 0 bridgehead atoms. The van der Waals surface area contributed by atoms with Gasteiger partial charge < -0.3 is 0 Å². The third-order valence-electron chi connectivity index (χ3n) is 3.60. The monoisotopic (exact) mass is 279 g/mol. The van der Waals surface area contributed by atoms with Gasteiger partial charge in [-0.25, -0.2) is 0 Å². The zero-order valence-electron chi connectivity index (χ0n) is 14.7.